The first-order valence-electron chi connectivity index (χ1n) is 12.5. The summed E-state index contributed by atoms with van der Waals surface area (Å²) in [6.45, 7) is 3.37. The van der Waals surface area contributed by atoms with Crippen LogP contribution in [0.2, 0.25) is 0 Å². The number of benzene rings is 3. The van der Waals surface area contributed by atoms with Gasteiger partial charge in [0.15, 0.2) is 0 Å². The van der Waals surface area contributed by atoms with Crippen molar-refractivity contribution in [3.05, 3.63) is 102 Å². The van der Waals surface area contributed by atoms with Gasteiger partial charge in [-0.1, -0.05) is 78.9 Å². The fourth-order valence-electron chi connectivity index (χ4n) is 7.24. The summed E-state index contributed by atoms with van der Waals surface area (Å²) in [6, 6.07) is 31.7. The van der Waals surface area contributed by atoms with Gasteiger partial charge in [0.05, 0.1) is 7.11 Å². The van der Waals surface area contributed by atoms with Gasteiger partial charge in [-0.3, -0.25) is 4.90 Å². The Labute approximate surface area is 197 Å². The van der Waals surface area contributed by atoms with Crippen LogP contribution in [0.25, 0.3) is 0 Å². The molecular formula is C30H34N2O. The molecule has 4 fully saturated rings. The summed E-state index contributed by atoms with van der Waals surface area (Å²) >= 11 is 0. The summed E-state index contributed by atoms with van der Waals surface area (Å²) in [5, 5.41) is 4.09. The molecule has 3 aromatic carbocycles. The van der Waals surface area contributed by atoms with Crippen LogP contribution in [0.3, 0.4) is 0 Å². The van der Waals surface area contributed by atoms with Crippen molar-refractivity contribution in [1.82, 2.24) is 10.2 Å². The van der Waals surface area contributed by atoms with E-state index in [9.17, 15) is 0 Å². The second-order valence-corrected chi connectivity index (χ2v) is 10.1. The van der Waals surface area contributed by atoms with Crippen molar-refractivity contribution in [3.63, 3.8) is 0 Å². The fourth-order valence-corrected chi connectivity index (χ4v) is 7.24. The average molecular weight is 439 g/mol. The summed E-state index contributed by atoms with van der Waals surface area (Å²) < 4.78 is 5.66. The largest absolute Gasteiger partial charge is 0.496 e. The predicted octanol–water partition coefficient (Wildman–Crippen LogP) is 5.33. The molecule has 3 aromatic rings. The first-order chi connectivity index (χ1) is 16.3. The molecule has 0 amide bonds. The molecule has 33 heavy (non-hydrogen) atoms. The average Bonchev–Trinajstić information content (AvgIpc) is 3.17. The lowest BCUT2D eigenvalue weighted by Crippen LogP contribution is -2.68. The molecule has 1 N–H and O–H groups in total. The molecule has 0 spiro atoms. The zero-order valence-corrected chi connectivity index (χ0v) is 19.4. The molecule has 7 rings (SSSR count). The van der Waals surface area contributed by atoms with Crippen molar-refractivity contribution < 1.29 is 4.74 Å². The van der Waals surface area contributed by atoms with Gasteiger partial charge >= 0.3 is 0 Å². The molecule has 1 saturated carbocycles. The maximum atomic E-state index is 5.66. The smallest absolute Gasteiger partial charge is 0.123 e. The Morgan fingerprint density at radius 3 is 2.00 bits per heavy atom. The van der Waals surface area contributed by atoms with Crippen LogP contribution < -0.4 is 10.1 Å². The number of nitrogens with zero attached hydrogens (tertiary/aromatic N) is 1. The Hall–Kier alpha value is -2.62. The van der Waals surface area contributed by atoms with Gasteiger partial charge in [-0.05, 0) is 47.8 Å². The normalized spacial score (nSPS) is 30.0. The maximum Gasteiger partial charge on any atom is 0.123 e. The first-order valence-corrected chi connectivity index (χ1v) is 12.5. The molecule has 0 aromatic heterocycles. The monoisotopic (exact) mass is 438 g/mol. The summed E-state index contributed by atoms with van der Waals surface area (Å²) in [6.07, 6.45) is 2.79. The lowest BCUT2D eigenvalue weighted by molar-refractivity contribution is -0.0461. The third-order valence-electron chi connectivity index (χ3n) is 8.52. The van der Waals surface area contributed by atoms with Crippen molar-refractivity contribution in [2.24, 2.45) is 17.8 Å². The minimum Gasteiger partial charge on any atom is -0.496 e. The van der Waals surface area contributed by atoms with E-state index in [1.165, 1.54) is 42.6 Å². The molecule has 170 valence electrons. The lowest BCUT2D eigenvalue weighted by Gasteiger charge is -2.57. The van der Waals surface area contributed by atoms with Crippen molar-refractivity contribution in [2.75, 3.05) is 20.2 Å². The van der Waals surface area contributed by atoms with Crippen LogP contribution in [0.15, 0.2) is 84.9 Å². The second-order valence-electron chi connectivity index (χ2n) is 10.1. The van der Waals surface area contributed by atoms with E-state index in [0.717, 1.165) is 30.0 Å². The predicted molar refractivity (Wildman–Crippen MR) is 133 cm³/mol. The summed E-state index contributed by atoms with van der Waals surface area (Å²) in [4.78, 5) is 2.84. The van der Waals surface area contributed by atoms with Crippen molar-refractivity contribution in [3.8, 4) is 5.75 Å². The molecule has 4 bridgehead atoms. The van der Waals surface area contributed by atoms with Crippen LogP contribution in [0.4, 0.5) is 0 Å². The maximum absolute atomic E-state index is 5.66. The van der Waals surface area contributed by atoms with Gasteiger partial charge in [0.1, 0.15) is 5.75 Å². The van der Waals surface area contributed by atoms with Crippen LogP contribution in [-0.4, -0.2) is 37.2 Å². The van der Waals surface area contributed by atoms with E-state index in [-0.39, 0.29) is 0 Å². The highest BCUT2D eigenvalue weighted by Gasteiger charge is 2.56. The van der Waals surface area contributed by atoms with Crippen LogP contribution in [0.1, 0.15) is 35.4 Å². The van der Waals surface area contributed by atoms with E-state index in [1.54, 1.807) is 7.11 Å². The highest BCUT2D eigenvalue weighted by molar-refractivity contribution is 5.37. The number of piperidine rings is 3. The molecular weight excluding hydrogens is 404 g/mol. The molecule has 3 saturated heterocycles. The van der Waals surface area contributed by atoms with Crippen LogP contribution >= 0.6 is 0 Å². The molecule has 3 heterocycles. The number of hydrogen-bond donors (Lipinski definition) is 1. The first kappa shape index (κ1) is 20.9. The molecule has 4 atom stereocenters. The van der Waals surface area contributed by atoms with Gasteiger partial charge in [0, 0.05) is 43.2 Å². The van der Waals surface area contributed by atoms with E-state index in [2.05, 4.69) is 95.1 Å². The molecule has 3 nitrogen and oxygen atoms in total. The van der Waals surface area contributed by atoms with Crippen molar-refractivity contribution in [1.29, 1.82) is 0 Å². The van der Waals surface area contributed by atoms with E-state index in [0.29, 0.717) is 18.0 Å². The van der Waals surface area contributed by atoms with E-state index < -0.39 is 0 Å². The number of nitrogens with one attached hydrogen (secondary N) is 1. The number of para-hydroxylation sites is 1. The van der Waals surface area contributed by atoms with Gasteiger partial charge in [-0.2, -0.15) is 0 Å². The summed E-state index contributed by atoms with van der Waals surface area (Å²) in [7, 11) is 1.77. The number of hydrogen-bond acceptors (Lipinski definition) is 3. The summed E-state index contributed by atoms with van der Waals surface area (Å²) in [5.41, 5.74) is 4.11. The topological polar surface area (TPSA) is 24.5 Å². The molecule has 0 radical (unpaired) electrons. The number of fused-ring (bicyclic) bond motifs is 1. The van der Waals surface area contributed by atoms with Crippen LogP contribution in [0.5, 0.6) is 5.75 Å². The third kappa shape index (κ3) is 3.78. The standard InChI is InChI=1S/C30H34N2O/c1-33-26-15-9-8-14-23(26)18-31-29-27-24-16-17-25(27)20-32(19-24)30(29)28(21-10-4-2-5-11-21)22-12-6-3-7-13-22/h2-15,24-25,27-31H,16-20H2,1H3/t24?,25?,27?,29-,30-/m0/s1. The molecule has 2 unspecified atom stereocenters. The minimum absolute atomic E-state index is 0.366. The quantitative estimate of drug-likeness (QED) is 0.540. The molecule has 1 aliphatic carbocycles. The third-order valence-corrected chi connectivity index (χ3v) is 8.52. The van der Waals surface area contributed by atoms with Crippen molar-refractivity contribution >= 4 is 0 Å². The Morgan fingerprint density at radius 1 is 0.818 bits per heavy atom. The van der Waals surface area contributed by atoms with Gasteiger partial charge in [-0.25, -0.2) is 0 Å². The molecule has 4 aliphatic rings. The fraction of sp³-hybridized carbons (Fsp3) is 0.400. The second kappa shape index (κ2) is 8.96. The number of methoxy groups -OCH3 is 1. The highest BCUT2D eigenvalue weighted by Crippen LogP contribution is 2.52. The lowest BCUT2D eigenvalue weighted by atomic mass is 9.66. The van der Waals surface area contributed by atoms with Crippen molar-refractivity contribution in [2.45, 2.75) is 37.4 Å². The van der Waals surface area contributed by atoms with Gasteiger partial charge in [-0.15, -0.1) is 0 Å². The minimum atomic E-state index is 0.366. The number of ether oxygens (including phenoxy) is 1. The van der Waals surface area contributed by atoms with Gasteiger partial charge < -0.3 is 10.1 Å². The molecule has 3 aliphatic heterocycles. The van der Waals surface area contributed by atoms with E-state index in [1.807, 2.05) is 0 Å². The van der Waals surface area contributed by atoms with Gasteiger partial charge in [0.2, 0.25) is 0 Å². The zero-order valence-electron chi connectivity index (χ0n) is 19.4. The molecule has 3 heteroatoms. The Balaban J connectivity index is 1.39. The number of rotatable bonds is 7. The SMILES string of the molecule is COc1ccccc1CN[C@H]1C2C3CCC2CN(C3)[C@H]1C(c1ccccc1)c1ccccc1. The van der Waals surface area contributed by atoms with E-state index in [4.69, 9.17) is 4.74 Å². The van der Waals surface area contributed by atoms with Gasteiger partial charge in [0.25, 0.3) is 0 Å². The van der Waals surface area contributed by atoms with Crippen LogP contribution in [0, 0.1) is 17.8 Å². The zero-order chi connectivity index (χ0) is 22.2. The summed E-state index contributed by atoms with van der Waals surface area (Å²) in [5.74, 6) is 3.79. The Kier molecular flexibility index (Phi) is 5.69. The highest BCUT2D eigenvalue weighted by atomic mass is 16.5. The van der Waals surface area contributed by atoms with E-state index >= 15 is 0 Å². The Morgan fingerprint density at radius 2 is 1.39 bits per heavy atom. The van der Waals surface area contributed by atoms with Crippen LogP contribution in [-0.2, 0) is 6.54 Å². The Bertz CT molecular complexity index is 1020.